The molecule has 1 saturated carbocycles. The van der Waals surface area contributed by atoms with Crippen molar-refractivity contribution >= 4 is 17.3 Å². The SMILES string of the molecule is CC(=O)NCCCCNC(=O)c1nc(C2CC2)n2ccccc12. The lowest BCUT2D eigenvalue weighted by molar-refractivity contribution is -0.118. The summed E-state index contributed by atoms with van der Waals surface area (Å²) in [4.78, 5) is 27.7. The number of nitrogens with one attached hydrogen (secondary N) is 2. The lowest BCUT2D eigenvalue weighted by atomic mass is 10.3. The van der Waals surface area contributed by atoms with E-state index in [0.717, 1.165) is 37.0 Å². The van der Waals surface area contributed by atoms with Gasteiger partial charge in [0.1, 0.15) is 5.82 Å². The van der Waals surface area contributed by atoms with Gasteiger partial charge in [0.2, 0.25) is 5.91 Å². The van der Waals surface area contributed by atoms with E-state index in [2.05, 4.69) is 15.6 Å². The monoisotopic (exact) mass is 314 g/mol. The highest BCUT2D eigenvalue weighted by molar-refractivity contribution is 5.99. The van der Waals surface area contributed by atoms with Crippen LogP contribution < -0.4 is 10.6 Å². The van der Waals surface area contributed by atoms with Gasteiger partial charge in [-0.25, -0.2) is 4.98 Å². The van der Waals surface area contributed by atoms with E-state index < -0.39 is 0 Å². The molecule has 6 nitrogen and oxygen atoms in total. The molecule has 0 aliphatic heterocycles. The first-order chi connectivity index (χ1) is 11.2. The van der Waals surface area contributed by atoms with Crippen molar-refractivity contribution in [2.45, 2.75) is 38.5 Å². The number of rotatable bonds is 7. The molecule has 23 heavy (non-hydrogen) atoms. The molecule has 0 spiro atoms. The fraction of sp³-hybridized carbons (Fsp3) is 0.471. The maximum absolute atomic E-state index is 12.4. The van der Waals surface area contributed by atoms with Gasteiger partial charge in [-0.05, 0) is 37.8 Å². The van der Waals surface area contributed by atoms with E-state index in [1.807, 2.05) is 28.8 Å². The van der Waals surface area contributed by atoms with Crippen molar-refractivity contribution in [3.8, 4) is 0 Å². The number of carbonyl (C=O) groups is 2. The van der Waals surface area contributed by atoms with Gasteiger partial charge in [-0.1, -0.05) is 6.07 Å². The van der Waals surface area contributed by atoms with Crippen molar-refractivity contribution in [3.63, 3.8) is 0 Å². The molecule has 2 heterocycles. The molecule has 0 radical (unpaired) electrons. The summed E-state index contributed by atoms with van der Waals surface area (Å²) in [6.07, 6.45) is 5.95. The molecule has 2 N–H and O–H groups in total. The number of pyridine rings is 1. The standard InChI is InChI=1S/C17H22N4O2/c1-12(22)18-9-3-4-10-19-17(23)15-14-6-2-5-11-21(14)16(20-15)13-7-8-13/h2,5-6,11,13H,3-4,7-10H2,1H3,(H,18,22)(H,19,23). The molecule has 1 aliphatic rings. The third-order valence-corrected chi connectivity index (χ3v) is 4.00. The third-order valence-electron chi connectivity index (χ3n) is 4.00. The fourth-order valence-corrected chi connectivity index (χ4v) is 2.66. The number of hydrogen-bond donors (Lipinski definition) is 2. The molecule has 1 aliphatic carbocycles. The summed E-state index contributed by atoms with van der Waals surface area (Å²) in [6.45, 7) is 2.73. The lowest BCUT2D eigenvalue weighted by Gasteiger charge is -2.04. The van der Waals surface area contributed by atoms with Crippen molar-refractivity contribution in [1.82, 2.24) is 20.0 Å². The molecule has 0 unspecified atom stereocenters. The minimum atomic E-state index is -0.125. The molecule has 6 heteroatoms. The summed E-state index contributed by atoms with van der Waals surface area (Å²) in [5, 5.41) is 5.67. The van der Waals surface area contributed by atoms with Crippen LogP contribution in [0.2, 0.25) is 0 Å². The van der Waals surface area contributed by atoms with Crippen LogP contribution in [0.15, 0.2) is 24.4 Å². The van der Waals surface area contributed by atoms with Gasteiger partial charge >= 0.3 is 0 Å². The highest BCUT2D eigenvalue weighted by atomic mass is 16.2. The minimum Gasteiger partial charge on any atom is -0.356 e. The van der Waals surface area contributed by atoms with E-state index >= 15 is 0 Å². The first kappa shape index (κ1) is 15.5. The van der Waals surface area contributed by atoms with Crippen molar-refractivity contribution in [2.75, 3.05) is 13.1 Å². The zero-order chi connectivity index (χ0) is 16.2. The van der Waals surface area contributed by atoms with Gasteiger partial charge in [-0.2, -0.15) is 0 Å². The molecule has 0 atom stereocenters. The molecular formula is C17H22N4O2. The van der Waals surface area contributed by atoms with Gasteiger partial charge < -0.3 is 15.0 Å². The zero-order valence-electron chi connectivity index (χ0n) is 13.3. The Morgan fingerprint density at radius 2 is 1.96 bits per heavy atom. The average Bonchev–Trinajstić information content (AvgIpc) is 3.31. The number of hydrogen-bond acceptors (Lipinski definition) is 3. The van der Waals surface area contributed by atoms with E-state index in [1.54, 1.807) is 0 Å². The zero-order valence-corrected chi connectivity index (χ0v) is 13.3. The summed E-state index contributed by atoms with van der Waals surface area (Å²) in [5.74, 6) is 1.34. The summed E-state index contributed by atoms with van der Waals surface area (Å²) in [6, 6.07) is 5.83. The molecule has 0 aromatic carbocycles. The highest BCUT2D eigenvalue weighted by Gasteiger charge is 2.30. The number of fused-ring (bicyclic) bond motifs is 1. The van der Waals surface area contributed by atoms with Crippen LogP contribution in [0.25, 0.3) is 5.52 Å². The summed E-state index contributed by atoms with van der Waals surface area (Å²) < 4.78 is 2.03. The molecule has 3 rings (SSSR count). The Kier molecular flexibility index (Phi) is 4.60. The number of unbranched alkanes of at least 4 members (excludes halogenated alkanes) is 1. The normalized spacial score (nSPS) is 14.0. The largest absolute Gasteiger partial charge is 0.356 e. The minimum absolute atomic E-state index is 0.0221. The third kappa shape index (κ3) is 3.70. The van der Waals surface area contributed by atoms with E-state index in [0.29, 0.717) is 24.7 Å². The van der Waals surface area contributed by atoms with Gasteiger partial charge in [0.15, 0.2) is 5.69 Å². The van der Waals surface area contributed by atoms with Gasteiger partial charge in [0.05, 0.1) is 5.52 Å². The first-order valence-corrected chi connectivity index (χ1v) is 8.16. The Hall–Kier alpha value is -2.37. The Bertz CT molecular complexity index is 718. The second kappa shape index (κ2) is 6.81. The van der Waals surface area contributed by atoms with Crippen LogP contribution >= 0.6 is 0 Å². The maximum Gasteiger partial charge on any atom is 0.272 e. The second-order valence-corrected chi connectivity index (χ2v) is 5.99. The molecule has 0 saturated heterocycles. The number of carbonyl (C=O) groups excluding carboxylic acids is 2. The van der Waals surface area contributed by atoms with E-state index in [-0.39, 0.29) is 11.8 Å². The van der Waals surface area contributed by atoms with Crippen molar-refractivity contribution in [3.05, 3.63) is 35.9 Å². The maximum atomic E-state index is 12.4. The first-order valence-electron chi connectivity index (χ1n) is 8.16. The van der Waals surface area contributed by atoms with Crippen molar-refractivity contribution in [1.29, 1.82) is 0 Å². The van der Waals surface area contributed by atoms with Crippen LogP contribution in [0, 0.1) is 0 Å². The number of amides is 2. The number of aromatic nitrogens is 2. The molecular weight excluding hydrogens is 292 g/mol. The quantitative estimate of drug-likeness (QED) is 0.766. The van der Waals surface area contributed by atoms with Gasteiger partial charge in [0, 0.05) is 32.1 Å². The predicted molar refractivity (Wildman–Crippen MR) is 87.4 cm³/mol. The molecule has 1 fully saturated rings. The van der Waals surface area contributed by atoms with Crippen LogP contribution in [-0.2, 0) is 4.79 Å². The van der Waals surface area contributed by atoms with Crippen LogP contribution in [0.1, 0.15) is 54.8 Å². The van der Waals surface area contributed by atoms with Crippen LogP contribution in [0.4, 0.5) is 0 Å². The summed E-state index contributed by atoms with van der Waals surface area (Å²) >= 11 is 0. The predicted octanol–water partition coefficient (Wildman–Crippen LogP) is 1.86. The van der Waals surface area contributed by atoms with E-state index in [1.165, 1.54) is 6.92 Å². The molecule has 122 valence electrons. The van der Waals surface area contributed by atoms with E-state index in [9.17, 15) is 9.59 Å². The Morgan fingerprint density at radius 3 is 2.65 bits per heavy atom. The molecule has 2 aromatic heterocycles. The molecule has 2 aromatic rings. The fourth-order valence-electron chi connectivity index (χ4n) is 2.66. The van der Waals surface area contributed by atoms with E-state index in [4.69, 9.17) is 0 Å². The summed E-state index contributed by atoms with van der Waals surface area (Å²) in [5.41, 5.74) is 1.37. The average molecular weight is 314 g/mol. The van der Waals surface area contributed by atoms with Gasteiger partial charge in [-0.3, -0.25) is 9.59 Å². The highest BCUT2D eigenvalue weighted by Crippen LogP contribution is 2.39. The molecule has 0 bridgehead atoms. The van der Waals surface area contributed by atoms with Crippen LogP contribution in [-0.4, -0.2) is 34.3 Å². The van der Waals surface area contributed by atoms with Gasteiger partial charge in [0.25, 0.3) is 5.91 Å². The van der Waals surface area contributed by atoms with Gasteiger partial charge in [-0.15, -0.1) is 0 Å². The summed E-state index contributed by atoms with van der Waals surface area (Å²) in [7, 11) is 0. The van der Waals surface area contributed by atoms with Crippen molar-refractivity contribution in [2.24, 2.45) is 0 Å². The number of imidazole rings is 1. The topological polar surface area (TPSA) is 75.5 Å². The molecule has 2 amide bonds. The second-order valence-electron chi connectivity index (χ2n) is 5.99. The Morgan fingerprint density at radius 1 is 1.22 bits per heavy atom. The van der Waals surface area contributed by atoms with Crippen LogP contribution in [0.3, 0.4) is 0 Å². The lowest BCUT2D eigenvalue weighted by Crippen LogP contribution is -2.26. The smallest absolute Gasteiger partial charge is 0.272 e. The number of nitrogens with zero attached hydrogens (tertiary/aromatic N) is 2. The van der Waals surface area contributed by atoms with Crippen molar-refractivity contribution < 1.29 is 9.59 Å². The Labute approximate surface area is 135 Å². The van der Waals surface area contributed by atoms with Crippen LogP contribution in [0.5, 0.6) is 0 Å². The Balaban J connectivity index is 1.59.